The highest BCUT2D eigenvalue weighted by Gasteiger charge is 2.16. The average Bonchev–Trinajstić information content (AvgIpc) is 3.04. The number of nitrogens with zero attached hydrogens (tertiary/aromatic N) is 1. The monoisotopic (exact) mass is 654 g/mol. The van der Waals surface area contributed by atoms with E-state index in [2.05, 4.69) is 5.32 Å². The van der Waals surface area contributed by atoms with Gasteiger partial charge in [0.1, 0.15) is 35.3 Å². The summed E-state index contributed by atoms with van der Waals surface area (Å²) in [6.07, 6.45) is 3.60. The van der Waals surface area contributed by atoms with Crippen LogP contribution in [0.5, 0.6) is 17.2 Å². The van der Waals surface area contributed by atoms with Gasteiger partial charge < -0.3 is 33.9 Å². The minimum atomic E-state index is -0.471. The molecule has 0 aliphatic rings. The summed E-state index contributed by atoms with van der Waals surface area (Å²) in [6.45, 7) is 9.25. The van der Waals surface area contributed by atoms with Crippen LogP contribution in [0.4, 0.5) is 10.5 Å². The Bertz CT molecular complexity index is 1280. The van der Waals surface area contributed by atoms with Crippen molar-refractivity contribution in [2.24, 2.45) is 0 Å². The molecule has 3 rings (SSSR count). The maximum Gasteiger partial charge on any atom is 0.407 e. The minimum Gasteiger partial charge on any atom is -0.491 e. The number of anilines is 1. The van der Waals surface area contributed by atoms with E-state index in [-0.39, 0.29) is 17.9 Å². The maximum absolute atomic E-state index is 12.5. The van der Waals surface area contributed by atoms with Crippen LogP contribution in [-0.4, -0.2) is 63.1 Å². The molecule has 0 aliphatic carbocycles. The summed E-state index contributed by atoms with van der Waals surface area (Å²) in [5, 5.41) is 2.77. The van der Waals surface area contributed by atoms with E-state index in [0.29, 0.717) is 57.6 Å². The van der Waals surface area contributed by atoms with Crippen LogP contribution in [0.25, 0.3) is 0 Å². The van der Waals surface area contributed by atoms with Crippen LogP contribution in [0, 0.1) is 0 Å². The molecule has 0 atom stereocenters. The first-order valence-corrected chi connectivity index (χ1v) is 16.3. The fourth-order valence-electron chi connectivity index (χ4n) is 4.32. The number of hydrogen-bond acceptors (Lipinski definition) is 7. The lowest BCUT2D eigenvalue weighted by atomic mass is 10.2. The third kappa shape index (κ3) is 15.0. The number of hydrogen-bond donors (Lipinski definition) is 1. The summed E-state index contributed by atoms with van der Waals surface area (Å²) in [5.41, 5.74) is 1.30. The van der Waals surface area contributed by atoms with Crippen molar-refractivity contribution in [2.75, 3.05) is 50.4 Å². The first-order valence-electron chi connectivity index (χ1n) is 15.8. The lowest BCUT2D eigenvalue weighted by Crippen LogP contribution is -2.32. The Morgan fingerprint density at radius 3 is 1.96 bits per heavy atom. The Kier molecular flexibility index (Phi) is 16.2. The number of carbonyl (C=O) groups excluding carboxylic acids is 2. The highest BCUT2D eigenvalue weighted by atomic mass is 35.5. The van der Waals surface area contributed by atoms with Crippen molar-refractivity contribution in [3.05, 3.63) is 84.4 Å². The normalized spacial score (nSPS) is 11.1. The van der Waals surface area contributed by atoms with Gasteiger partial charge in [-0.05, 0) is 87.7 Å². The Balaban J connectivity index is 1.23. The molecular weight excluding hydrogens is 608 g/mol. The van der Waals surface area contributed by atoms with Crippen LogP contribution in [0.15, 0.2) is 78.9 Å². The summed E-state index contributed by atoms with van der Waals surface area (Å²) < 4.78 is 28.2. The first-order chi connectivity index (χ1) is 22.2. The van der Waals surface area contributed by atoms with Crippen LogP contribution in [0.1, 0.15) is 52.0 Å². The average molecular weight is 655 g/mol. The molecule has 46 heavy (non-hydrogen) atoms. The molecule has 2 amide bonds. The predicted molar refractivity (Wildman–Crippen MR) is 181 cm³/mol. The largest absolute Gasteiger partial charge is 0.491 e. The van der Waals surface area contributed by atoms with Crippen LogP contribution in [0.3, 0.4) is 0 Å². The van der Waals surface area contributed by atoms with Gasteiger partial charge in [0, 0.05) is 18.8 Å². The van der Waals surface area contributed by atoms with Gasteiger partial charge in [0.15, 0.2) is 0 Å². The molecule has 0 bridgehead atoms. The summed E-state index contributed by atoms with van der Waals surface area (Å²) in [5.74, 6) is 1.78. The van der Waals surface area contributed by atoms with E-state index in [9.17, 15) is 9.59 Å². The van der Waals surface area contributed by atoms with Gasteiger partial charge in [-0.1, -0.05) is 43.2 Å². The second-order valence-electron chi connectivity index (χ2n) is 11.6. The zero-order valence-corrected chi connectivity index (χ0v) is 27.9. The lowest BCUT2D eigenvalue weighted by molar-refractivity contribution is -0.116. The molecule has 0 spiro atoms. The molecule has 3 aromatic rings. The van der Waals surface area contributed by atoms with Gasteiger partial charge in [0.25, 0.3) is 0 Å². The molecular formula is C36H47ClN2O7. The van der Waals surface area contributed by atoms with E-state index in [4.69, 9.17) is 35.3 Å². The highest BCUT2D eigenvalue weighted by molar-refractivity contribution is 6.29. The fourth-order valence-corrected chi connectivity index (χ4v) is 4.47. The zero-order chi connectivity index (χ0) is 33.0. The Morgan fingerprint density at radius 1 is 0.717 bits per heavy atom. The number of halogens is 1. The second kappa shape index (κ2) is 20.4. The van der Waals surface area contributed by atoms with E-state index in [1.165, 1.54) is 0 Å². The predicted octanol–water partition coefficient (Wildman–Crippen LogP) is 7.75. The third-order valence-corrected chi connectivity index (χ3v) is 6.79. The van der Waals surface area contributed by atoms with Crippen molar-refractivity contribution in [1.82, 2.24) is 5.32 Å². The van der Waals surface area contributed by atoms with E-state index in [1.807, 2.05) is 99.6 Å². The van der Waals surface area contributed by atoms with E-state index in [0.717, 1.165) is 42.7 Å². The van der Waals surface area contributed by atoms with E-state index >= 15 is 0 Å². The molecule has 1 N–H and O–H groups in total. The summed E-state index contributed by atoms with van der Waals surface area (Å²) in [4.78, 5) is 25.8. The first kappa shape index (κ1) is 36.7. The van der Waals surface area contributed by atoms with Crippen molar-refractivity contribution in [3.63, 3.8) is 0 Å². The summed E-state index contributed by atoms with van der Waals surface area (Å²) in [6, 6.07) is 24.5. The Labute approximate surface area is 278 Å². The van der Waals surface area contributed by atoms with Gasteiger partial charge >= 0.3 is 6.09 Å². The number of benzene rings is 3. The summed E-state index contributed by atoms with van der Waals surface area (Å²) in [7, 11) is 0. The van der Waals surface area contributed by atoms with Crippen LogP contribution in [0.2, 0.25) is 0 Å². The van der Waals surface area contributed by atoms with Gasteiger partial charge in [0.05, 0.1) is 26.4 Å². The second-order valence-corrected chi connectivity index (χ2v) is 11.8. The van der Waals surface area contributed by atoms with Gasteiger partial charge in [0.2, 0.25) is 5.91 Å². The van der Waals surface area contributed by atoms with Crippen LogP contribution >= 0.6 is 11.6 Å². The molecule has 0 saturated carbocycles. The standard InChI is InChI=1S/C36H47ClN2O7/c1-36(2,3)46-35(41)38-21-9-4-5-10-22-42-23-24-43-25-26-44-31-17-19-33(20-18-31)45-32-15-13-30(14-16-32)39(34(40)27-37)28-29-11-7-6-8-12-29/h6-8,11-20H,4-5,9-10,21-28H2,1-3H3,(H,38,41). The number of alkyl carbamates (subject to hydrolysis) is 1. The quantitative estimate of drug-likeness (QED) is 0.0983. The van der Waals surface area contributed by atoms with Crippen molar-refractivity contribution in [2.45, 2.75) is 58.6 Å². The van der Waals surface area contributed by atoms with Crippen LogP contribution < -0.4 is 19.7 Å². The minimum absolute atomic E-state index is 0.0959. The molecule has 0 fully saturated rings. The number of amides is 2. The number of rotatable bonds is 20. The number of unbranched alkanes of at least 4 members (excludes halogenated alkanes) is 3. The fraction of sp³-hybridized carbons (Fsp3) is 0.444. The van der Waals surface area contributed by atoms with Crippen LogP contribution in [-0.2, 0) is 25.5 Å². The van der Waals surface area contributed by atoms with Gasteiger partial charge in [-0.2, -0.15) is 0 Å². The summed E-state index contributed by atoms with van der Waals surface area (Å²) >= 11 is 5.87. The Hall–Kier alpha value is -3.79. The van der Waals surface area contributed by atoms with Crippen molar-refractivity contribution in [1.29, 1.82) is 0 Å². The van der Waals surface area contributed by atoms with Gasteiger partial charge in [-0.3, -0.25) is 4.79 Å². The van der Waals surface area contributed by atoms with Crippen molar-refractivity contribution >= 4 is 29.3 Å². The van der Waals surface area contributed by atoms with Gasteiger partial charge in [-0.25, -0.2) is 4.79 Å². The topological polar surface area (TPSA) is 95.6 Å². The maximum atomic E-state index is 12.5. The number of ether oxygens (including phenoxy) is 5. The lowest BCUT2D eigenvalue weighted by Gasteiger charge is -2.22. The Morgan fingerprint density at radius 2 is 1.30 bits per heavy atom. The number of alkyl halides is 1. The molecule has 0 radical (unpaired) electrons. The molecule has 250 valence electrons. The van der Waals surface area contributed by atoms with E-state index < -0.39 is 5.60 Å². The van der Waals surface area contributed by atoms with Crippen molar-refractivity contribution < 1.29 is 33.3 Å². The van der Waals surface area contributed by atoms with E-state index in [1.54, 1.807) is 4.90 Å². The molecule has 9 nitrogen and oxygen atoms in total. The smallest absolute Gasteiger partial charge is 0.407 e. The van der Waals surface area contributed by atoms with Crippen molar-refractivity contribution in [3.8, 4) is 17.2 Å². The molecule has 0 aliphatic heterocycles. The highest BCUT2D eigenvalue weighted by Crippen LogP contribution is 2.27. The molecule has 10 heteroatoms. The number of carbonyl (C=O) groups is 2. The third-order valence-electron chi connectivity index (χ3n) is 6.56. The molecule has 0 heterocycles. The molecule has 0 aromatic heterocycles. The number of nitrogens with one attached hydrogen (secondary N) is 1. The molecule has 3 aromatic carbocycles. The molecule has 0 unspecified atom stereocenters. The molecule has 0 saturated heterocycles. The SMILES string of the molecule is CC(C)(C)OC(=O)NCCCCCCOCCOCCOc1ccc(Oc2ccc(N(Cc3ccccc3)C(=O)CCl)cc2)cc1. The zero-order valence-electron chi connectivity index (χ0n) is 27.2. The van der Waals surface area contributed by atoms with Gasteiger partial charge in [-0.15, -0.1) is 11.6 Å².